The topological polar surface area (TPSA) is 69.6 Å². The Morgan fingerprint density at radius 3 is 0.892 bits per heavy atom. The third-order valence-electron chi connectivity index (χ3n) is 13.5. The van der Waals surface area contributed by atoms with Crippen molar-refractivity contribution in [2.24, 2.45) is 0 Å². The van der Waals surface area contributed by atoms with Crippen molar-refractivity contribution in [1.82, 2.24) is 5.32 Å². The highest BCUT2D eigenvalue weighted by Crippen LogP contribution is 2.17. The summed E-state index contributed by atoms with van der Waals surface area (Å²) in [5, 5.41) is 23.2. The molecule has 0 aliphatic rings. The highest BCUT2D eigenvalue weighted by molar-refractivity contribution is 5.76. The molecule has 4 heteroatoms. The lowest BCUT2D eigenvalue weighted by atomic mass is 10.0. The Morgan fingerprint density at radius 1 is 0.354 bits per heavy atom. The Hall–Kier alpha value is -1.65. The first-order valence-corrected chi connectivity index (χ1v) is 29.4. The van der Waals surface area contributed by atoms with Crippen molar-refractivity contribution in [3.63, 3.8) is 0 Å². The summed E-state index contributed by atoms with van der Waals surface area (Å²) in [7, 11) is 0. The summed E-state index contributed by atoms with van der Waals surface area (Å²) < 4.78 is 0. The van der Waals surface area contributed by atoms with E-state index in [0.717, 1.165) is 38.5 Å². The number of hydrogen-bond donors (Lipinski definition) is 3. The van der Waals surface area contributed by atoms with E-state index in [1.54, 1.807) is 6.08 Å². The van der Waals surface area contributed by atoms with Gasteiger partial charge in [0.1, 0.15) is 0 Å². The predicted octanol–water partition coefficient (Wildman–Crippen LogP) is 19.4. The highest BCUT2D eigenvalue weighted by Gasteiger charge is 2.18. The molecule has 0 aromatic rings. The molecule has 0 radical (unpaired) electrons. The van der Waals surface area contributed by atoms with E-state index in [2.05, 4.69) is 55.6 Å². The third-order valence-corrected chi connectivity index (χ3v) is 13.5. The first-order chi connectivity index (χ1) is 32.2. The molecular formula is C61H115NO3. The number of unbranched alkanes of at least 4 members (excludes halogenated alkanes) is 41. The van der Waals surface area contributed by atoms with E-state index in [-0.39, 0.29) is 12.5 Å². The Morgan fingerprint density at radius 2 is 0.600 bits per heavy atom. The Kier molecular flexibility index (Phi) is 55.2. The maximum Gasteiger partial charge on any atom is 0.220 e. The Balaban J connectivity index is 3.52. The number of carbonyl (C=O) groups is 1. The second kappa shape index (κ2) is 56.7. The zero-order valence-corrected chi connectivity index (χ0v) is 44.0. The van der Waals surface area contributed by atoms with Crippen LogP contribution in [-0.2, 0) is 4.79 Å². The van der Waals surface area contributed by atoms with Gasteiger partial charge in [-0.1, -0.05) is 287 Å². The van der Waals surface area contributed by atoms with Crippen LogP contribution in [0.4, 0.5) is 0 Å². The van der Waals surface area contributed by atoms with Gasteiger partial charge in [-0.3, -0.25) is 4.79 Å². The number of amides is 1. The van der Waals surface area contributed by atoms with Crippen LogP contribution in [0.25, 0.3) is 0 Å². The van der Waals surface area contributed by atoms with Gasteiger partial charge in [0.05, 0.1) is 18.8 Å². The van der Waals surface area contributed by atoms with Gasteiger partial charge in [0.15, 0.2) is 0 Å². The molecule has 382 valence electrons. The van der Waals surface area contributed by atoms with Crippen LogP contribution in [0.1, 0.15) is 316 Å². The lowest BCUT2D eigenvalue weighted by Crippen LogP contribution is -2.45. The highest BCUT2D eigenvalue weighted by atomic mass is 16.3. The number of carbonyl (C=O) groups excluding carboxylic acids is 1. The van der Waals surface area contributed by atoms with E-state index in [1.807, 2.05) is 6.08 Å². The maximum absolute atomic E-state index is 12.5. The summed E-state index contributed by atoms with van der Waals surface area (Å²) in [6, 6.07) is -0.646. The third kappa shape index (κ3) is 53.2. The fourth-order valence-corrected chi connectivity index (χ4v) is 9.03. The minimum Gasteiger partial charge on any atom is -0.394 e. The fraction of sp³-hybridized carbons (Fsp3) is 0.852. The molecule has 3 N–H and O–H groups in total. The molecule has 65 heavy (non-hydrogen) atoms. The van der Waals surface area contributed by atoms with Gasteiger partial charge in [0, 0.05) is 6.42 Å². The molecule has 4 nitrogen and oxygen atoms in total. The van der Waals surface area contributed by atoms with E-state index in [1.165, 1.54) is 257 Å². The van der Waals surface area contributed by atoms with Gasteiger partial charge in [-0.25, -0.2) is 0 Å². The molecule has 0 saturated heterocycles. The molecule has 2 atom stereocenters. The zero-order chi connectivity index (χ0) is 47.0. The zero-order valence-electron chi connectivity index (χ0n) is 44.0. The van der Waals surface area contributed by atoms with E-state index >= 15 is 0 Å². The van der Waals surface area contributed by atoms with Crippen molar-refractivity contribution in [3.05, 3.63) is 48.6 Å². The van der Waals surface area contributed by atoms with Crippen molar-refractivity contribution in [2.75, 3.05) is 6.61 Å². The predicted molar refractivity (Wildman–Crippen MR) is 290 cm³/mol. The SMILES string of the molecule is CCCCCCCCCC/C=C\CCCCCCCCCCCCCCCCCCCC(=O)NC(CO)C(O)/C=C/CC/C=C/CC/C=C/CCCCCCCCCCCCCCCC. The van der Waals surface area contributed by atoms with Crippen LogP contribution in [0.2, 0.25) is 0 Å². The molecule has 0 bridgehead atoms. The van der Waals surface area contributed by atoms with E-state index in [4.69, 9.17) is 0 Å². The molecule has 0 rings (SSSR count). The smallest absolute Gasteiger partial charge is 0.220 e. The molecule has 1 amide bonds. The first-order valence-electron chi connectivity index (χ1n) is 29.4. The van der Waals surface area contributed by atoms with Crippen LogP contribution in [0.5, 0.6) is 0 Å². The van der Waals surface area contributed by atoms with Crippen LogP contribution in [0, 0.1) is 0 Å². The second-order valence-electron chi connectivity index (χ2n) is 20.0. The molecule has 0 saturated carbocycles. The molecule has 0 heterocycles. The average molecular weight is 911 g/mol. The van der Waals surface area contributed by atoms with Crippen LogP contribution in [-0.4, -0.2) is 34.9 Å². The van der Waals surface area contributed by atoms with Gasteiger partial charge in [-0.2, -0.15) is 0 Å². The van der Waals surface area contributed by atoms with Crippen LogP contribution < -0.4 is 5.32 Å². The first kappa shape index (κ1) is 63.4. The van der Waals surface area contributed by atoms with Gasteiger partial charge in [0.25, 0.3) is 0 Å². The quantitative estimate of drug-likeness (QED) is 0.0421. The van der Waals surface area contributed by atoms with Crippen molar-refractivity contribution in [1.29, 1.82) is 0 Å². The summed E-state index contributed by atoms with van der Waals surface area (Å²) in [5.41, 5.74) is 0. The number of aliphatic hydroxyl groups excluding tert-OH is 2. The van der Waals surface area contributed by atoms with Crippen LogP contribution >= 0.6 is 0 Å². The van der Waals surface area contributed by atoms with Gasteiger partial charge in [-0.15, -0.1) is 0 Å². The number of allylic oxidation sites excluding steroid dienone is 7. The minimum atomic E-state index is -0.871. The average Bonchev–Trinajstić information content (AvgIpc) is 3.31. The fourth-order valence-electron chi connectivity index (χ4n) is 9.03. The largest absolute Gasteiger partial charge is 0.394 e. The Bertz CT molecular complexity index is 1030. The van der Waals surface area contributed by atoms with Gasteiger partial charge in [0.2, 0.25) is 5.91 Å². The molecule has 0 spiro atoms. The summed E-state index contributed by atoms with van der Waals surface area (Å²) in [5.74, 6) is -0.0734. The van der Waals surface area contributed by atoms with Gasteiger partial charge < -0.3 is 15.5 Å². The molecule has 0 aliphatic carbocycles. The maximum atomic E-state index is 12.5. The summed E-state index contributed by atoms with van der Waals surface area (Å²) in [4.78, 5) is 12.5. The summed E-state index contributed by atoms with van der Waals surface area (Å²) >= 11 is 0. The lowest BCUT2D eigenvalue weighted by molar-refractivity contribution is -0.123. The monoisotopic (exact) mass is 910 g/mol. The normalized spacial score (nSPS) is 13.1. The second-order valence-corrected chi connectivity index (χ2v) is 20.0. The standard InChI is InChI=1S/C61H115NO3/c1-3-5-7-9-11-13-15-17-19-21-23-25-27-29-30-31-32-33-35-37-39-41-43-45-47-49-51-53-55-57-61(65)62-59(58-63)60(64)56-54-52-50-48-46-44-42-40-38-36-34-28-26-24-22-20-18-16-14-12-10-8-6-4-2/h21,23,38,40,46,48,54,56,59-60,63-64H,3-20,22,24-37,39,41-45,47,49-53,55,57-58H2,1-2H3,(H,62,65)/b23-21-,40-38+,48-46+,56-54+. The van der Waals surface area contributed by atoms with Gasteiger partial charge >= 0.3 is 0 Å². The van der Waals surface area contributed by atoms with E-state index in [0.29, 0.717) is 6.42 Å². The minimum absolute atomic E-state index is 0.0734. The summed E-state index contributed by atoms with van der Waals surface area (Å²) in [6.45, 7) is 4.32. The van der Waals surface area contributed by atoms with Crippen molar-refractivity contribution in [3.8, 4) is 0 Å². The molecular weight excluding hydrogens is 795 g/mol. The number of rotatable bonds is 54. The van der Waals surface area contributed by atoms with Crippen molar-refractivity contribution >= 4 is 5.91 Å². The molecule has 0 fully saturated rings. The number of aliphatic hydroxyl groups is 2. The van der Waals surface area contributed by atoms with E-state index in [9.17, 15) is 15.0 Å². The molecule has 0 aromatic heterocycles. The van der Waals surface area contributed by atoms with Crippen LogP contribution in [0.15, 0.2) is 48.6 Å². The van der Waals surface area contributed by atoms with Crippen molar-refractivity contribution in [2.45, 2.75) is 328 Å². The van der Waals surface area contributed by atoms with Crippen LogP contribution in [0.3, 0.4) is 0 Å². The van der Waals surface area contributed by atoms with Crippen molar-refractivity contribution < 1.29 is 15.0 Å². The molecule has 2 unspecified atom stereocenters. The molecule has 0 aromatic carbocycles. The number of hydrogen-bond acceptors (Lipinski definition) is 3. The van der Waals surface area contributed by atoms with Gasteiger partial charge in [-0.05, 0) is 70.6 Å². The summed E-state index contributed by atoms with van der Waals surface area (Å²) in [6.07, 6.45) is 78.6. The Labute approximate surface area is 407 Å². The van der Waals surface area contributed by atoms with E-state index < -0.39 is 12.1 Å². The molecule has 0 aliphatic heterocycles. The number of nitrogens with one attached hydrogen (secondary N) is 1. The lowest BCUT2D eigenvalue weighted by Gasteiger charge is -2.19.